The van der Waals surface area contributed by atoms with Crippen molar-refractivity contribution < 1.29 is 24.9 Å². The first-order valence-electron chi connectivity index (χ1n) is 16.6. The molecule has 234 valence electrons. The van der Waals surface area contributed by atoms with E-state index >= 15 is 0 Å². The second-order valence-corrected chi connectivity index (χ2v) is 15.2. The third kappa shape index (κ3) is 4.09. The molecular formula is C32H56N4O5. The third-order valence-electron chi connectivity index (χ3n) is 13.9. The zero-order valence-corrected chi connectivity index (χ0v) is 26.0. The quantitative estimate of drug-likeness (QED) is 0.247. The molecule has 5 unspecified atom stereocenters. The van der Waals surface area contributed by atoms with E-state index in [1.807, 2.05) is 6.92 Å². The molecule has 4 aliphatic carbocycles. The van der Waals surface area contributed by atoms with Gasteiger partial charge in [-0.25, -0.2) is 0 Å². The fourth-order valence-corrected chi connectivity index (χ4v) is 12.1. The van der Waals surface area contributed by atoms with E-state index in [-0.39, 0.29) is 24.7 Å². The molecule has 2 aliphatic heterocycles. The van der Waals surface area contributed by atoms with Crippen molar-refractivity contribution in [1.82, 2.24) is 20.4 Å². The normalized spacial score (nSPS) is 46.3. The van der Waals surface area contributed by atoms with Crippen LogP contribution in [-0.2, 0) is 9.53 Å². The van der Waals surface area contributed by atoms with Gasteiger partial charge in [0, 0.05) is 69.6 Å². The number of aliphatic hydroxyl groups excluding tert-OH is 1. The predicted octanol–water partition coefficient (Wildman–Crippen LogP) is 1.76. The van der Waals surface area contributed by atoms with E-state index in [4.69, 9.17) is 4.74 Å². The Labute approximate surface area is 246 Å². The van der Waals surface area contributed by atoms with Crippen LogP contribution in [0.2, 0.25) is 0 Å². The van der Waals surface area contributed by atoms with Crippen molar-refractivity contribution in [3.05, 3.63) is 0 Å². The average Bonchev–Trinajstić information content (AvgIpc) is 3.38. The van der Waals surface area contributed by atoms with E-state index in [0.717, 1.165) is 71.6 Å². The highest BCUT2D eigenvalue weighted by Crippen LogP contribution is 2.74. The van der Waals surface area contributed by atoms with Crippen molar-refractivity contribution in [3.8, 4) is 0 Å². The second kappa shape index (κ2) is 10.7. The molecule has 6 rings (SSSR count). The van der Waals surface area contributed by atoms with Crippen LogP contribution in [0, 0.1) is 39.9 Å². The van der Waals surface area contributed by atoms with Gasteiger partial charge in [-0.2, -0.15) is 0 Å². The molecule has 6 fully saturated rings. The number of carbonyl (C=O) groups excluding carboxylic acids is 1. The topological polar surface area (TPSA) is 118 Å². The van der Waals surface area contributed by atoms with Crippen LogP contribution < -0.4 is 10.6 Å². The molecular weight excluding hydrogens is 520 g/mol. The molecule has 9 nitrogen and oxygen atoms in total. The van der Waals surface area contributed by atoms with Crippen LogP contribution in [0.15, 0.2) is 0 Å². The average molecular weight is 577 g/mol. The molecule has 2 heterocycles. The maximum atomic E-state index is 12.8. The van der Waals surface area contributed by atoms with Crippen LogP contribution in [0.25, 0.3) is 0 Å². The van der Waals surface area contributed by atoms with Crippen molar-refractivity contribution >= 4 is 5.97 Å². The number of ether oxygens (including phenoxy) is 1. The van der Waals surface area contributed by atoms with Crippen LogP contribution in [0.4, 0.5) is 0 Å². The summed E-state index contributed by atoms with van der Waals surface area (Å²) in [4.78, 5) is 17.4. The van der Waals surface area contributed by atoms with E-state index in [9.17, 15) is 20.1 Å². The van der Waals surface area contributed by atoms with Crippen molar-refractivity contribution in [2.75, 3.05) is 59.5 Å². The lowest BCUT2D eigenvalue weighted by molar-refractivity contribution is -0.419. The molecule has 8 atom stereocenters. The summed E-state index contributed by atoms with van der Waals surface area (Å²) in [7, 11) is 1.39. The number of nitrogens with one attached hydrogen (secondary N) is 2. The Hall–Kier alpha value is -0.810. The van der Waals surface area contributed by atoms with Gasteiger partial charge in [-0.1, -0.05) is 27.2 Å². The third-order valence-corrected chi connectivity index (χ3v) is 13.9. The summed E-state index contributed by atoms with van der Waals surface area (Å²) in [6.45, 7) is 13.2. The number of nitrogens with zero attached hydrogens (tertiary/aromatic N) is 2. The molecule has 2 saturated heterocycles. The lowest BCUT2D eigenvalue weighted by Crippen LogP contribution is -2.89. The van der Waals surface area contributed by atoms with Gasteiger partial charge < -0.3 is 30.7 Å². The first kappa shape index (κ1) is 30.2. The van der Waals surface area contributed by atoms with Crippen molar-refractivity contribution in [1.29, 1.82) is 0 Å². The molecule has 0 amide bonds. The minimum absolute atomic E-state index is 0.0742. The van der Waals surface area contributed by atoms with Crippen LogP contribution in [-0.4, -0.2) is 108 Å². The summed E-state index contributed by atoms with van der Waals surface area (Å²) in [5, 5.41) is 44.5. The Balaban J connectivity index is 1.56. The summed E-state index contributed by atoms with van der Waals surface area (Å²) in [6.07, 6.45) is 7.19. The van der Waals surface area contributed by atoms with E-state index in [1.165, 1.54) is 32.8 Å². The minimum atomic E-state index is -2.37. The van der Waals surface area contributed by atoms with Crippen LogP contribution in [0.5, 0.6) is 0 Å². The van der Waals surface area contributed by atoms with Gasteiger partial charge in [-0.3, -0.25) is 14.6 Å². The molecule has 0 bridgehead atoms. The van der Waals surface area contributed by atoms with Crippen LogP contribution in [0.3, 0.4) is 0 Å². The summed E-state index contributed by atoms with van der Waals surface area (Å²) in [5.41, 5.74) is -2.00. The molecule has 0 aromatic heterocycles. The molecule has 5 N–H and O–H groups in total. The number of rotatable bonds is 5. The van der Waals surface area contributed by atoms with Crippen LogP contribution in [0.1, 0.15) is 78.6 Å². The summed E-state index contributed by atoms with van der Waals surface area (Å²) >= 11 is 0. The van der Waals surface area contributed by atoms with E-state index in [1.54, 1.807) is 0 Å². The number of hydrogen-bond acceptors (Lipinski definition) is 9. The number of methoxy groups -OCH3 is 1. The van der Waals surface area contributed by atoms with E-state index in [2.05, 4.69) is 34.3 Å². The Morgan fingerprint density at radius 3 is 2.07 bits per heavy atom. The van der Waals surface area contributed by atoms with Gasteiger partial charge in [-0.05, 0) is 74.0 Å². The smallest absolute Gasteiger partial charge is 0.305 e. The van der Waals surface area contributed by atoms with Gasteiger partial charge >= 0.3 is 5.97 Å². The van der Waals surface area contributed by atoms with Gasteiger partial charge in [0.15, 0.2) is 5.79 Å². The number of aliphatic hydroxyl groups is 3. The van der Waals surface area contributed by atoms with Gasteiger partial charge in [0.25, 0.3) is 0 Å². The van der Waals surface area contributed by atoms with Gasteiger partial charge in [0.1, 0.15) is 11.8 Å². The zero-order chi connectivity index (χ0) is 29.3. The van der Waals surface area contributed by atoms with Crippen molar-refractivity contribution in [2.45, 2.75) is 96.1 Å². The van der Waals surface area contributed by atoms with E-state index < -0.39 is 28.4 Å². The zero-order valence-electron chi connectivity index (χ0n) is 26.0. The summed E-state index contributed by atoms with van der Waals surface area (Å²) in [5.74, 6) is -1.15. The Kier molecular flexibility index (Phi) is 7.87. The van der Waals surface area contributed by atoms with Gasteiger partial charge in [-0.15, -0.1) is 0 Å². The van der Waals surface area contributed by atoms with Crippen molar-refractivity contribution in [3.63, 3.8) is 0 Å². The molecule has 0 aromatic carbocycles. The molecule has 41 heavy (non-hydrogen) atoms. The molecule has 0 spiro atoms. The lowest BCUT2D eigenvalue weighted by Gasteiger charge is -2.77. The number of piperazine rings is 2. The fraction of sp³-hybridized carbons (Fsp3) is 0.969. The maximum Gasteiger partial charge on any atom is 0.305 e. The number of carbonyl (C=O) groups is 1. The number of fused-ring (bicyclic) bond motifs is 5. The van der Waals surface area contributed by atoms with Crippen molar-refractivity contribution in [2.24, 2.45) is 39.9 Å². The fourth-order valence-electron chi connectivity index (χ4n) is 12.1. The Bertz CT molecular complexity index is 965. The summed E-state index contributed by atoms with van der Waals surface area (Å²) < 4.78 is 5.02. The largest absolute Gasteiger partial charge is 0.469 e. The first-order valence-corrected chi connectivity index (χ1v) is 16.6. The standard InChI is InChI=1S/C32H56N4O5/c1-28-11-5-6-23(28)22-7-8-25-29(2,13-10-26(37)41-4)32(39,40)27(38)31(35-18-14-33-15-19-35,36-20-16-34-17-21-36)30(25,3)24(22)9-12-28/h22-25,27,33-34,38-40H,5-21H2,1-4H3/t22?,23?,24?,25-,27?,28-,29?,30+/m0/s1. The highest BCUT2D eigenvalue weighted by atomic mass is 16.5. The number of esters is 1. The lowest BCUT2D eigenvalue weighted by atomic mass is 9.36. The van der Waals surface area contributed by atoms with E-state index in [0.29, 0.717) is 23.2 Å². The maximum absolute atomic E-state index is 12.8. The van der Waals surface area contributed by atoms with Gasteiger partial charge in [0.05, 0.1) is 7.11 Å². The minimum Gasteiger partial charge on any atom is -0.469 e. The first-order chi connectivity index (χ1) is 19.5. The second-order valence-electron chi connectivity index (χ2n) is 15.2. The summed E-state index contributed by atoms with van der Waals surface area (Å²) in [6, 6.07) is 0. The highest BCUT2D eigenvalue weighted by Gasteiger charge is 2.80. The number of hydrogen-bond donors (Lipinski definition) is 5. The molecule has 0 radical (unpaired) electrons. The molecule has 6 aliphatic rings. The molecule has 9 heteroatoms. The Morgan fingerprint density at radius 1 is 0.878 bits per heavy atom. The SMILES string of the molecule is COC(=O)CCC1(C)[C@@H]2CCC3C4CCC[C@@]4(C)CCC3[C@@]2(C)C(N2CCNCC2)(N2CCNCC2)C(O)C1(O)O. The predicted molar refractivity (Wildman–Crippen MR) is 157 cm³/mol. The van der Waals surface area contributed by atoms with Crippen LogP contribution >= 0.6 is 0 Å². The molecule has 0 aromatic rings. The monoisotopic (exact) mass is 576 g/mol. The molecule has 4 saturated carbocycles. The highest BCUT2D eigenvalue weighted by molar-refractivity contribution is 5.69. The Morgan fingerprint density at radius 2 is 1.49 bits per heavy atom. The van der Waals surface area contributed by atoms with Gasteiger partial charge in [0.2, 0.25) is 0 Å².